The second-order valence-corrected chi connectivity index (χ2v) is 19.3. The maximum absolute atomic E-state index is 12.6. The highest BCUT2D eigenvalue weighted by Gasteiger charge is 2.40. The molecule has 9 heteroatoms. The maximum Gasteiger partial charge on any atom is 0.410 e. The molecule has 0 atom stereocenters. The smallest absolute Gasteiger partial charge is 0.410 e. The van der Waals surface area contributed by atoms with E-state index in [9.17, 15) is 10.1 Å². The minimum Gasteiger partial charge on any atom is -0.541 e. The molecule has 8 nitrogen and oxygen atoms in total. The zero-order valence-corrected chi connectivity index (χ0v) is 29.2. The van der Waals surface area contributed by atoms with Gasteiger partial charge >= 0.3 is 6.09 Å². The molecule has 1 amide bonds. The largest absolute Gasteiger partial charge is 0.541 e. The van der Waals surface area contributed by atoms with Crippen LogP contribution in [0.1, 0.15) is 71.3 Å². The Bertz CT molecular complexity index is 1770. The summed E-state index contributed by atoms with van der Waals surface area (Å²) in [5.41, 5.74) is 3.09. The summed E-state index contributed by atoms with van der Waals surface area (Å²) >= 11 is 0. The predicted molar refractivity (Wildman–Crippen MR) is 182 cm³/mol. The molecule has 3 aromatic carbocycles. The van der Waals surface area contributed by atoms with Crippen molar-refractivity contribution in [2.45, 2.75) is 97.7 Å². The van der Waals surface area contributed by atoms with Crippen LogP contribution in [0.3, 0.4) is 0 Å². The molecule has 5 rings (SSSR count). The summed E-state index contributed by atoms with van der Waals surface area (Å²) < 4.78 is 21.4. The number of carbonyl (C=O) groups is 1. The number of aromatic nitrogens is 2. The van der Waals surface area contributed by atoms with E-state index in [-0.39, 0.29) is 17.2 Å². The van der Waals surface area contributed by atoms with E-state index in [1.165, 1.54) is 0 Å². The van der Waals surface area contributed by atoms with E-state index in [1.807, 2.05) is 64.1 Å². The Kier molecular flexibility index (Phi) is 8.67. The van der Waals surface area contributed by atoms with Gasteiger partial charge in [0.25, 0.3) is 8.32 Å². The van der Waals surface area contributed by atoms with Crippen LogP contribution in [0, 0.1) is 18.3 Å². The molecule has 0 unspecified atom stereocenters. The molecule has 1 fully saturated rings. The van der Waals surface area contributed by atoms with Crippen LogP contribution in [0.2, 0.25) is 18.1 Å². The van der Waals surface area contributed by atoms with Crippen molar-refractivity contribution in [3.8, 4) is 17.6 Å². The number of amides is 1. The van der Waals surface area contributed by atoms with Gasteiger partial charge in [-0.2, -0.15) is 5.26 Å². The van der Waals surface area contributed by atoms with Crippen molar-refractivity contribution in [1.82, 2.24) is 14.5 Å². The molecular weight excluding hydrogens is 581 g/mol. The summed E-state index contributed by atoms with van der Waals surface area (Å²) in [6, 6.07) is 18.4. The average molecular weight is 627 g/mol. The van der Waals surface area contributed by atoms with Crippen molar-refractivity contribution in [2.75, 3.05) is 13.1 Å². The lowest BCUT2D eigenvalue weighted by molar-refractivity contribution is 0.0125. The average Bonchev–Trinajstić information content (AvgIpc) is 3.25. The fourth-order valence-corrected chi connectivity index (χ4v) is 6.50. The quantitative estimate of drug-likeness (QED) is 0.199. The van der Waals surface area contributed by atoms with Crippen LogP contribution in [0.4, 0.5) is 4.79 Å². The van der Waals surface area contributed by atoms with E-state index >= 15 is 0 Å². The number of fused-ring (bicyclic) bond motifs is 2. The van der Waals surface area contributed by atoms with E-state index < -0.39 is 13.9 Å². The van der Waals surface area contributed by atoms with Crippen LogP contribution in [0.25, 0.3) is 21.8 Å². The van der Waals surface area contributed by atoms with Crippen LogP contribution < -0.4 is 9.16 Å². The van der Waals surface area contributed by atoms with Crippen molar-refractivity contribution < 1.29 is 18.7 Å². The number of nitriles is 1. The second kappa shape index (κ2) is 12.0. The summed E-state index contributed by atoms with van der Waals surface area (Å²) in [6.45, 7) is 20.6. The zero-order valence-electron chi connectivity index (χ0n) is 28.2. The number of piperidine rings is 1. The molecule has 0 spiro atoms. The van der Waals surface area contributed by atoms with Gasteiger partial charge in [0.05, 0.1) is 22.7 Å². The Balaban J connectivity index is 1.48. The molecule has 0 aliphatic carbocycles. The molecule has 1 aliphatic heterocycles. The Morgan fingerprint density at radius 2 is 1.67 bits per heavy atom. The number of aryl methyl sites for hydroxylation is 1. The topological polar surface area (TPSA) is 89.6 Å². The van der Waals surface area contributed by atoms with Gasteiger partial charge in [0.15, 0.2) is 5.75 Å². The number of hydrogen-bond donors (Lipinski definition) is 0. The molecule has 4 aromatic rings. The molecular formula is C36H46N4O4Si. The third kappa shape index (κ3) is 6.96. The maximum atomic E-state index is 12.6. The summed E-state index contributed by atoms with van der Waals surface area (Å²) in [6.07, 6.45) is 1.07. The molecule has 1 saturated heterocycles. The minimum atomic E-state index is -2.22. The van der Waals surface area contributed by atoms with Crippen molar-refractivity contribution in [3.05, 3.63) is 65.5 Å². The van der Waals surface area contributed by atoms with E-state index in [4.69, 9.17) is 18.9 Å². The van der Waals surface area contributed by atoms with Crippen LogP contribution in [-0.2, 0) is 11.3 Å². The van der Waals surface area contributed by atoms with Crippen molar-refractivity contribution in [2.24, 2.45) is 0 Å². The van der Waals surface area contributed by atoms with Gasteiger partial charge in [-0.3, -0.25) is 0 Å². The molecule has 1 aromatic heterocycles. The van der Waals surface area contributed by atoms with Gasteiger partial charge in [-0.05, 0) is 68.2 Å². The van der Waals surface area contributed by atoms with Crippen molar-refractivity contribution in [3.63, 3.8) is 0 Å². The number of rotatable bonds is 6. The lowest BCUT2D eigenvalue weighted by Gasteiger charge is -2.37. The monoisotopic (exact) mass is 626 g/mol. The minimum absolute atomic E-state index is 0.00442. The highest BCUT2D eigenvalue weighted by Crippen LogP contribution is 2.42. The first kappa shape index (κ1) is 32.4. The lowest BCUT2D eigenvalue weighted by Crippen LogP contribution is -2.45. The third-order valence-corrected chi connectivity index (χ3v) is 13.4. The van der Waals surface area contributed by atoms with E-state index in [0.717, 1.165) is 38.9 Å². The third-order valence-electron chi connectivity index (χ3n) is 9.03. The molecule has 0 bridgehead atoms. The number of ether oxygens (including phenoxy) is 2. The number of nitrogens with zero attached hydrogens (tertiary/aromatic N) is 4. The van der Waals surface area contributed by atoms with Gasteiger partial charge in [0.1, 0.15) is 23.3 Å². The molecule has 0 saturated carbocycles. The Labute approximate surface area is 268 Å². The Hall–Kier alpha value is -4.03. The fraction of sp³-hybridized carbons (Fsp3) is 0.472. The number of likely N-dealkylation sites (tertiary alicyclic amines) is 1. The van der Waals surface area contributed by atoms with Crippen molar-refractivity contribution >= 4 is 36.2 Å². The highest BCUT2D eigenvalue weighted by molar-refractivity contribution is 6.74. The Morgan fingerprint density at radius 3 is 2.29 bits per heavy atom. The van der Waals surface area contributed by atoms with Crippen LogP contribution in [-0.4, -0.2) is 53.7 Å². The first-order valence-electron chi connectivity index (χ1n) is 15.8. The first-order valence-corrected chi connectivity index (χ1v) is 18.7. The van der Waals surface area contributed by atoms with Gasteiger partial charge in [-0.25, -0.2) is 9.78 Å². The SMILES string of the molecule is Cc1nc2cc(OC3CCN(C(=O)OC(C)(C)C)CC3)c(O[Si](C)(C)C(C)(C)C)cc2n1Cc1ccc(C#N)c2ccccc12. The van der Waals surface area contributed by atoms with Crippen molar-refractivity contribution in [1.29, 1.82) is 5.26 Å². The normalized spacial score (nSPS) is 14.9. The fourth-order valence-electron chi connectivity index (χ4n) is 5.48. The lowest BCUT2D eigenvalue weighted by atomic mass is 10.00. The molecule has 0 N–H and O–H groups in total. The first-order chi connectivity index (χ1) is 21.1. The highest BCUT2D eigenvalue weighted by atomic mass is 28.4. The van der Waals surface area contributed by atoms with Gasteiger partial charge in [0, 0.05) is 44.6 Å². The Morgan fingerprint density at radius 1 is 1.00 bits per heavy atom. The van der Waals surface area contributed by atoms with Crippen LogP contribution in [0.15, 0.2) is 48.5 Å². The summed E-state index contributed by atoms with van der Waals surface area (Å²) in [5, 5.41) is 11.7. The van der Waals surface area contributed by atoms with Gasteiger partial charge in [-0.1, -0.05) is 51.1 Å². The predicted octanol–water partition coefficient (Wildman–Crippen LogP) is 8.58. The number of carbonyl (C=O) groups excluding carboxylic acids is 1. The molecule has 2 heterocycles. The van der Waals surface area contributed by atoms with E-state index in [1.54, 1.807) is 4.90 Å². The standard InChI is InChI=1S/C36H46N4O4Si/c1-24-38-30-20-32(42-27-16-18-39(19-17-27)34(41)43-35(2,3)4)33(44-45(8,9)36(5,6)7)21-31(30)40(24)23-26-15-14-25(22-37)28-12-10-11-13-29(26)28/h10-15,20-21,27H,16-19,23H2,1-9H3. The number of imidazole rings is 1. The van der Waals surface area contributed by atoms with Gasteiger partial charge < -0.3 is 23.4 Å². The zero-order chi connectivity index (χ0) is 32.7. The van der Waals surface area contributed by atoms with Crippen LogP contribution >= 0.6 is 0 Å². The molecule has 1 aliphatic rings. The molecule has 238 valence electrons. The van der Waals surface area contributed by atoms with E-state index in [2.05, 4.69) is 56.6 Å². The van der Waals surface area contributed by atoms with Gasteiger partial charge in [0.2, 0.25) is 0 Å². The summed E-state index contributed by atoms with van der Waals surface area (Å²) in [5.74, 6) is 2.31. The molecule has 0 radical (unpaired) electrons. The summed E-state index contributed by atoms with van der Waals surface area (Å²) in [7, 11) is -2.22. The number of benzene rings is 3. The molecule has 45 heavy (non-hydrogen) atoms. The van der Waals surface area contributed by atoms with Gasteiger partial charge in [-0.15, -0.1) is 0 Å². The van der Waals surface area contributed by atoms with Crippen LogP contribution in [0.5, 0.6) is 11.5 Å². The van der Waals surface area contributed by atoms with E-state index in [0.29, 0.717) is 43.8 Å². The summed E-state index contributed by atoms with van der Waals surface area (Å²) in [4.78, 5) is 19.3. The second-order valence-electron chi connectivity index (χ2n) is 14.6. The number of hydrogen-bond acceptors (Lipinski definition) is 6.